The molecule has 1 amide bonds. The summed E-state index contributed by atoms with van der Waals surface area (Å²) in [6.07, 6.45) is 6.16. The van der Waals surface area contributed by atoms with Crippen molar-refractivity contribution in [3.63, 3.8) is 0 Å². The second kappa shape index (κ2) is 7.27. The molecule has 1 fully saturated rings. The molecular formula is C18H24N2O4S. The van der Waals surface area contributed by atoms with E-state index in [1.807, 2.05) is 0 Å². The van der Waals surface area contributed by atoms with E-state index in [1.54, 1.807) is 11.2 Å². The molecule has 0 aromatic heterocycles. The van der Waals surface area contributed by atoms with Crippen LogP contribution in [0.4, 0.5) is 0 Å². The first kappa shape index (κ1) is 18.1. The lowest BCUT2D eigenvalue weighted by molar-refractivity contribution is 0.0922. The van der Waals surface area contributed by atoms with Crippen LogP contribution in [0.2, 0.25) is 0 Å². The van der Waals surface area contributed by atoms with Gasteiger partial charge in [-0.25, -0.2) is 8.42 Å². The number of amides is 1. The summed E-state index contributed by atoms with van der Waals surface area (Å²) in [6.45, 7) is 2.67. The number of allylic oxidation sites excluding steroid dienone is 2. The number of rotatable bonds is 5. The Labute approximate surface area is 148 Å². The van der Waals surface area contributed by atoms with Crippen molar-refractivity contribution in [1.29, 1.82) is 0 Å². The first-order chi connectivity index (χ1) is 11.9. The first-order valence-corrected chi connectivity index (χ1v) is 10.0. The van der Waals surface area contributed by atoms with Gasteiger partial charge in [-0.3, -0.25) is 4.79 Å². The number of aliphatic hydroxyl groups is 1. The van der Waals surface area contributed by atoms with Gasteiger partial charge in [0.1, 0.15) is 0 Å². The molecule has 1 aliphatic carbocycles. The molecule has 2 aliphatic rings. The van der Waals surface area contributed by atoms with Crippen molar-refractivity contribution >= 4 is 15.9 Å². The smallest absolute Gasteiger partial charge is 0.251 e. The number of carbonyl (C=O) groups excluding carboxylic acids is 1. The molecule has 3 rings (SSSR count). The van der Waals surface area contributed by atoms with E-state index in [0.29, 0.717) is 30.5 Å². The fourth-order valence-electron chi connectivity index (χ4n) is 3.45. The zero-order valence-corrected chi connectivity index (χ0v) is 15.1. The highest BCUT2D eigenvalue weighted by Crippen LogP contribution is 2.35. The van der Waals surface area contributed by atoms with E-state index in [1.165, 1.54) is 24.3 Å². The molecular weight excluding hydrogens is 340 g/mol. The molecule has 1 aliphatic heterocycles. The maximum Gasteiger partial charge on any atom is 0.251 e. The zero-order chi connectivity index (χ0) is 18.0. The van der Waals surface area contributed by atoms with Crippen LogP contribution in [0.25, 0.3) is 0 Å². The summed E-state index contributed by atoms with van der Waals surface area (Å²) in [5.41, 5.74) is 0.374. The fourth-order valence-corrected chi connectivity index (χ4v) is 5.00. The number of carbonyl (C=O) groups is 1. The second-order valence-electron chi connectivity index (χ2n) is 6.87. The summed E-state index contributed by atoms with van der Waals surface area (Å²) >= 11 is 0. The highest BCUT2D eigenvalue weighted by atomic mass is 32.2. The normalized spacial score (nSPS) is 24.7. The van der Waals surface area contributed by atoms with Crippen LogP contribution < -0.4 is 5.32 Å². The molecule has 1 aromatic carbocycles. The number of fused-ring (bicyclic) bond motifs is 1. The average molecular weight is 364 g/mol. The third-order valence-electron chi connectivity index (χ3n) is 4.99. The van der Waals surface area contributed by atoms with Gasteiger partial charge in [0.2, 0.25) is 10.0 Å². The van der Waals surface area contributed by atoms with Crippen LogP contribution in [0, 0.1) is 11.8 Å². The number of nitrogens with one attached hydrogen (secondary N) is 1. The molecule has 3 atom stereocenters. The predicted molar refractivity (Wildman–Crippen MR) is 94.6 cm³/mol. The average Bonchev–Trinajstić information content (AvgIpc) is 3.06. The van der Waals surface area contributed by atoms with Gasteiger partial charge in [0.15, 0.2) is 0 Å². The standard InChI is InChI=1S/C18H24N2O4S/c1-13(12-21)19-18(22)14-6-8-17(9-7-14)25(23,24)20-10-15-4-2-3-5-16(15)11-20/h2-3,6-9,13,15-16,21H,4-5,10-12H2,1H3,(H,19,22)/t13-,15-,16+/m0/s1. The monoisotopic (exact) mass is 364 g/mol. The Morgan fingerprint density at radius 3 is 2.28 bits per heavy atom. The van der Waals surface area contributed by atoms with Crippen molar-refractivity contribution < 1.29 is 18.3 Å². The molecule has 6 nitrogen and oxygen atoms in total. The molecule has 25 heavy (non-hydrogen) atoms. The summed E-state index contributed by atoms with van der Waals surface area (Å²) < 4.78 is 27.3. The Kier molecular flexibility index (Phi) is 5.27. The number of hydrogen-bond donors (Lipinski definition) is 2. The minimum Gasteiger partial charge on any atom is -0.394 e. The quantitative estimate of drug-likeness (QED) is 0.773. The lowest BCUT2D eigenvalue weighted by Crippen LogP contribution is -2.35. The van der Waals surface area contributed by atoms with Crippen LogP contribution >= 0.6 is 0 Å². The van der Waals surface area contributed by atoms with Crippen molar-refractivity contribution in [1.82, 2.24) is 9.62 Å². The third-order valence-corrected chi connectivity index (χ3v) is 6.84. The minimum atomic E-state index is -3.53. The van der Waals surface area contributed by atoms with Gasteiger partial charge in [0, 0.05) is 24.7 Å². The molecule has 0 unspecified atom stereocenters. The highest BCUT2D eigenvalue weighted by molar-refractivity contribution is 7.89. The summed E-state index contributed by atoms with van der Waals surface area (Å²) in [5, 5.41) is 11.6. The summed E-state index contributed by atoms with van der Waals surface area (Å²) in [5.74, 6) is 0.485. The topological polar surface area (TPSA) is 86.7 Å². The molecule has 0 spiro atoms. The van der Waals surface area contributed by atoms with Crippen LogP contribution in [-0.2, 0) is 10.0 Å². The Morgan fingerprint density at radius 1 is 1.20 bits per heavy atom. The third kappa shape index (κ3) is 3.78. The van der Waals surface area contributed by atoms with Gasteiger partial charge in [0.05, 0.1) is 11.5 Å². The van der Waals surface area contributed by atoms with Crippen LogP contribution in [-0.4, -0.2) is 49.5 Å². The molecule has 2 N–H and O–H groups in total. The Bertz CT molecular complexity index is 742. The maximum absolute atomic E-state index is 12.9. The van der Waals surface area contributed by atoms with E-state index in [-0.39, 0.29) is 23.5 Å². The number of benzene rings is 1. The van der Waals surface area contributed by atoms with Gasteiger partial charge >= 0.3 is 0 Å². The van der Waals surface area contributed by atoms with Gasteiger partial charge in [-0.2, -0.15) is 4.31 Å². The molecule has 0 saturated carbocycles. The lowest BCUT2D eigenvalue weighted by Gasteiger charge is -2.18. The summed E-state index contributed by atoms with van der Waals surface area (Å²) in [6, 6.07) is 5.63. The molecule has 1 heterocycles. The molecule has 136 valence electrons. The summed E-state index contributed by atoms with van der Waals surface area (Å²) in [4.78, 5) is 12.2. The van der Waals surface area contributed by atoms with Crippen LogP contribution in [0.15, 0.2) is 41.3 Å². The van der Waals surface area contributed by atoms with Crippen LogP contribution in [0.5, 0.6) is 0 Å². The number of aliphatic hydroxyl groups excluding tert-OH is 1. The Balaban J connectivity index is 1.72. The largest absolute Gasteiger partial charge is 0.394 e. The molecule has 1 saturated heterocycles. The fraction of sp³-hybridized carbons (Fsp3) is 0.500. The van der Waals surface area contributed by atoms with Crippen molar-refractivity contribution in [2.75, 3.05) is 19.7 Å². The lowest BCUT2D eigenvalue weighted by atomic mass is 9.86. The Hall–Kier alpha value is -1.70. The molecule has 0 radical (unpaired) electrons. The van der Waals surface area contributed by atoms with Crippen molar-refractivity contribution in [2.45, 2.75) is 30.7 Å². The highest BCUT2D eigenvalue weighted by Gasteiger charge is 2.39. The van der Waals surface area contributed by atoms with Gasteiger partial charge in [-0.05, 0) is 55.9 Å². The van der Waals surface area contributed by atoms with Crippen LogP contribution in [0.1, 0.15) is 30.1 Å². The van der Waals surface area contributed by atoms with E-state index >= 15 is 0 Å². The van der Waals surface area contributed by atoms with E-state index in [4.69, 9.17) is 5.11 Å². The van der Waals surface area contributed by atoms with Gasteiger partial charge in [0.25, 0.3) is 5.91 Å². The van der Waals surface area contributed by atoms with Crippen molar-refractivity contribution in [3.05, 3.63) is 42.0 Å². The number of sulfonamides is 1. The molecule has 1 aromatic rings. The van der Waals surface area contributed by atoms with Crippen molar-refractivity contribution in [3.8, 4) is 0 Å². The minimum absolute atomic E-state index is 0.148. The maximum atomic E-state index is 12.9. The van der Waals surface area contributed by atoms with Crippen LogP contribution in [0.3, 0.4) is 0 Å². The summed E-state index contributed by atoms with van der Waals surface area (Å²) in [7, 11) is -3.53. The van der Waals surface area contributed by atoms with E-state index in [2.05, 4.69) is 17.5 Å². The second-order valence-corrected chi connectivity index (χ2v) is 8.80. The first-order valence-electron chi connectivity index (χ1n) is 8.58. The SMILES string of the molecule is C[C@@H](CO)NC(=O)c1ccc(S(=O)(=O)N2C[C@H]3CC=CC[C@H]3C2)cc1. The number of hydrogen-bond acceptors (Lipinski definition) is 4. The van der Waals surface area contributed by atoms with Gasteiger partial charge < -0.3 is 10.4 Å². The molecule has 0 bridgehead atoms. The van der Waals surface area contributed by atoms with Crippen molar-refractivity contribution in [2.24, 2.45) is 11.8 Å². The predicted octanol–water partition coefficient (Wildman–Crippen LogP) is 1.38. The number of nitrogens with zero attached hydrogens (tertiary/aromatic N) is 1. The van der Waals surface area contributed by atoms with E-state index in [9.17, 15) is 13.2 Å². The van der Waals surface area contributed by atoms with Gasteiger partial charge in [-0.1, -0.05) is 12.2 Å². The van der Waals surface area contributed by atoms with E-state index in [0.717, 1.165) is 12.8 Å². The van der Waals surface area contributed by atoms with Gasteiger partial charge in [-0.15, -0.1) is 0 Å². The zero-order valence-electron chi connectivity index (χ0n) is 14.3. The van der Waals surface area contributed by atoms with E-state index < -0.39 is 10.0 Å². The Morgan fingerprint density at radius 2 is 1.76 bits per heavy atom. The molecule has 7 heteroatoms.